The average Bonchev–Trinajstić information content (AvgIpc) is 3.48. The van der Waals surface area contributed by atoms with Gasteiger partial charge in [0.2, 0.25) is 0 Å². The summed E-state index contributed by atoms with van der Waals surface area (Å²) in [5, 5.41) is 2.56. The van der Waals surface area contributed by atoms with Crippen molar-refractivity contribution in [3.63, 3.8) is 0 Å². The molecule has 0 amide bonds. The maximum atomic E-state index is 4.81. The van der Waals surface area contributed by atoms with E-state index in [1.165, 1.54) is 42.1 Å². The molecular weight excluding hydrogens is 464 g/mol. The number of rotatable bonds is 3. The average molecular weight is 491 g/mol. The number of thiophene rings is 2. The first kappa shape index (κ1) is 22.1. The van der Waals surface area contributed by atoms with Gasteiger partial charge in [-0.25, -0.2) is 9.97 Å². The first-order valence-electron chi connectivity index (χ1n) is 11.8. The number of benzene rings is 3. The lowest BCUT2D eigenvalue weighted by molar-refractivity contribution is 0.596. The van der Waals surface area contributed by atoms with Crippen LogP contribution in [0.5, 0.6) is 0 Å². The normalized spacial score (nSPS) is 12.0. The maximum absolute atomic E-state index is 4.81. The first-order chi connectivity index (χ1) is 16.9. The highest BCUT2D eigenvalue weighted by atomic mass is 32.1. The van der Waals surface area contributed by atoms with E-state index in [0.29, 0.717) is 0 Å². The molecule has 0 radical (unpaired) electrons. The predicted molar refractivity (Wildman–Crippen MR) is 153 cm³/mol. The Kier molecular flexibility index (Phi) is 5.32. The van der Waals surface area contributed by atoms with Gasteiger partial charge in [0.05, 0.1) is 20.8 Å². The van der Waals surface area contributed by atoms with Crippen LogP contribution in [0.25, 0.3) is 52.4 Å². The second kappa shape index (κ2) is 8.40. The van der Waals surface area contributed by atoms with Gasteiger partial charge in [-0.2, -0.15) is 0 Å². The van der Waals surface area contributed by atoms with Crippen molar-refractivity contribution in [2.75, 3.05) is 0 Å². The van der Waals surface area contributed by atoms with Crippen molar-refractivity contribution >= 4 is 43.7 Å². The van der Waals surface area contributed by atoms with Gasteiger partial charge in [-0.1, -0.05) is 75.4 Å². The van der Waals surface area contributed by atoms with Crippen LogP contribution in [0.2, 0.25) is 0 Å². The van der Waals surface area contributed by atoms with E-state index in [1.807, 2.05) is 22.7 Å². The summed E-state index contributed by atoms with van der Waals surface area (Å²) in [5.41, 5.74) is 7.09. The van der Waals surface area contributed by atoms with Crippen LogP contribution in [0.3, 0.4) is 0 Å². The molecule has 0 spiro atoms. The zero-order valence-corrected chi connectivity index (χ0v) is 21.9. The molecule has 0 saturated heterocycles. The molecule has 35 heavy (non-hydrogen) atoms. The van der Waals surface area contributed by atoms with E-state index in [0.717, 1.165) is 21.5 Å². The largest absolute Gasteiger partial charge is 0.235 e. The van der Waals surface area contributed by atoms with Gasteiger partial charge in [-0.15, -0.1) is 22.7 Å². The Balaban J connectivity index is 1.53. The van der Waals surface area contributed by atoms with Gasteiger partial charge in [0.25, 0.3) is 0 Å². The second-order valence-corrected chi connectivity index (χ2v) is 12.1. The van der Waals surface area contributed by atoms with Gasteiger partial charge in [-0.3, -0.25) is 0 Å². The number of aromatic nitrogens is 2. The van der Waals surface area contributed by atoms with Gasteiger partial charge in [0, 0.05) is 15.3 Å². The van der Waals surface area contributed by atoms with Crippen LogP contribution in [0.4, 0.5) is 0 Å². The van der Waals surface area contributed by atoms with E-state index in [9.17, 15) is 0 Å². The minimum atomic E-state index is 0.0308. The number of hydrogen-bond donors (Lipinski definition) is 0. The van der Waals surface area contributed by atoms with E-state index in [2.05, 4.69) is 107 Å². The summed E-state index contributed by atoms with van der Waals surface area (Å²) in [5.74, 6) is 0. The van der Waals surface area contributed by atoms with Crippen LogP contribution in [0.1, 0.15) is 31.9 Å². The molecule has 0 N–H and O–H groups in total. The van der Waals surface area contributed by atoms with Crippen molar-refractivity contribution in [1.82, 2.24) is 9.97 Å². The van der Waals surface area contributed by atoms with E-state index >= 15 is 0 Å². The van der Waals surface area contributed by atoms with Crippen molar-refractivity contribution in [3.8, 4) is 31.5 Å². The van der Waals surface area contributed by atoms with Gasteiger partial charge in [0.1, 0.15) is 6.33 Å². The SMILES string of the molecule is Cc1c(-c2ccc(-c3ccccc3)s2)sc2c(-c3cc(C(C)(C)C)c4ccccc4c3)ncnc12. The Morgan fingerprint density at radius 3 is 2.26 bits per heavy atom. The van der Waals surface area contributed by atoms with Gasteiger partial charge in [0.15, 0.2) is 0 Å². The molecule has 3 aromatic heterocycles. The van der Waals surface area contributed by atoms with Crippen LogP contribution >= 0.6 is 22.7 Å². The molecule has 2 nitrogen and oxygen atoms in total. The minimum Gasteiger partial charge on any atom is -0.235 e. The first-order valence-corrected chi connectivity index (χ1v) is 13.5. The molecular formula is C31H26N2S2. The van der Waals surface area contributed by atoms with E-state index in [-0.39, 0.29) is 5.41 Å². The summed E-state index contributed by atoms with van der Waals surface area (Å²) in [4.78, 5) is 13.4. The third kappa shape index (κ3) is 3.87. The standard InChI is InChI=1S/C31H26N2S2/c1-19-27-30(35-29(19)26-15-14-25(34-26)20-10-6-5-7-11-20)28(33-18-32-27)22-16-21-12-8-9-13-23(21)24(17-22)31(2,3)4/h5-18H,1-4H3. The van der Waals surface area contributed by atoms with Crippen molar-refractivity contribution in [2.24, 2.45) is 0 Å². The topological polar surface area (TPSA) is 25.8 Å². The summed E-state index contributed by atoms with van der Waals surface area (Å²) >= 11 is 3.65. The lowest BCUT2D eigenvalue weighted by Crippen LogP contribution is -2.12. The Hall–Kier alpha value is -3.34. The molecule has 6 rings (SSSR count). The third-order valence-electron chi connectivity index (χ3n) is 6.54. The Morgan fingerprint density at radius 2 is 1.46 bits per heavy atom. The van der Waals surface area contributed by atoms with Crippen molar-refractivity contribution in [1.29, 1.82) is 0 Å². The lowest BCUT2D eigenvalue weighted by atomic mass is 9.82. The monoisotopic (exact) mass is 490 g/mol. The fraction of sp³-hybridized carbons (Fsp3) is 0.161. The number of nitrogens with zero attached hydrogens (tertiary/aromatic N) is 2. The lowest BCUT2D eigenvalue weighted by Gasteiger charge is -2.22. The molecule has 4 heteroatoms. The fourth-order valence-electron chi connectivity index (χ4n) is 4.75. The summed E-state index contributed by atoms with van der Waals surface area (Å²) in [6, 6.07) is 28.3. The predicted octanol–water partition coefficient (Wildman–Crippen LogP) is 9.51. The highest BCUT2D eigenvalue weighted by molar-refractivity contribution is 7.27. The molecule has 0 unspecified atom stereocenters. The zero-order chi connectivity index (χ0) is 24.2. The molecule has 172 valence electrons. The third-order valence-corrected chi connectivity index (χ3v) is 9.14. The molecule has 3 aromatic carbocycles. The number of hydrogen-bond acceptors (Lipinski definition) is 4. The summed E-state index contributed by atoms with van der Waals surface area (Å²) in [6.07, 6.45) is 1.72. The zero-order valence-electron chi connectivity index (χ0n) is 20.3. The second-order valence-electron chi connectivity index (χ2n) is 9.98. The molecule has 6 aromatic rings. The van der Waals surface area contributed by atoms with Crippen molar-refractivity contribution in [3.05, 3.63) is 96.3 Å². The molecule has 0 saturated carbocycles. The molecule has 0 aliphatic rings. The Labute approximate surface area is 214 Å². The van der Waals surface area contributed by atoms with E-state index in [4.69, 9.17) is 9.97 Å². The summed E-state index contributed by atoms with van der Waals surface area (Å²) < 4.78 is 1.16. The van der Waals surface area contributed by atoms with Gasteiger partial charge in [-0.05, 0) is 64.1 Å². The fourth-order valence-corrected chi connectivity index (χ4v) is 7.20. The summed E-state index contributed by atoms with van der Waals surface area (Å²) in [7, 11) is 0. The van der Waals surface area contributed by atoms with Gasteiger partial charge < -0.3 is 0 Å². The molecule has 0 aliphatic carbocycles. The quantitative estimate of drug-likeness (QED) is 0.247. The van der Waals surface area contributed by atoms with Crippen LogP contribution in [0.15, 0.2) is 85.2 Å². The minimum absolute atomic E-state index is 0.0308. The molecule has 0 fully saturated rings. The highest BCUT2D eigenvalue weighted by Crippen LogP contribution is 2.45. The van der Waals surface area contributed by atoms with Crippen LogP contribution < -0.4 is 0 Å². The van der Waals surface area contributed by atoms with E-state index < -0.39 is 0 Å². The molecule has 0 aliphatic heterocycles. The van der Waals surface area contributed by atoms with E-state index in [1.54, 1.807) is 6.33 Å². The number of aryl methyl sites for hydroxylation is 1. The van der Waals surface area contributed by atoms with Crippen molar-refractivity contribution < 1.29 is 0 Å². The van der Waals surface area contributed by atoms with Crippen molar-refractivity contribution in [2.45, 2.75) is 33.1 Å². The number of fused-ring (bicyclic) bond motifs is 2. The highest BCUT2D eigenvalue weighted by Gasteiger charge is 2.21. The molecule has 0 bridgehead atoms. The van der Waals surface area contributed by atoms with Crippen LogP contribution in [-0.2, 0) is 5.41 Å². The summed E-state index contributed by atoms with van der Waals surface area (Å²) in [6.45, 7) is 9.03. The molecule has 0 atom stereocenters. The van der Waals surface area contributed by atoms with Gasteiger partial charge >= 0.3 is 0 Å². The molecule has 3 heterocycles. The Bertz CT molecular complexity index is 1680. The maximum Gasteiger partial charge on any atom is 0.116 e. The smallest absolute Gasteiger partial charge is 0.116 e. The van der Waals surface area contributed by atoms with Crippen LogP contribution in [0, 0.1) is 6.92 Å². The Morgan fingerprint density at radius 1 is 0.714 bits per heavy atom. The van der Waals surface area contributed by atoms with Crippen LogP contribution in [-0.4, -0.2) is 9.97 Å².